The molecule has 3 rings (SSSR count). The molecule has 1 aliphatic rings. The Morgan fingerprint density at radius 2 is 2.10 bits per heavy atom. The number of carbonyl (C=O) groups is 1. The van der Waals surface area contributed by atoms with E-state index in [0.717, 1.165) is 23.1 Å². The zero-order valence-electron chi connectivity index (χ0n) is 15.0. The first kappa shape index (κ1) is 21.4. The highest BCUT2D eigenvalue weighted by Gasteiger charge is 2.34. The highest BCUT2D eigenvalue weighted by atomic mass is 35.5. The molecule has 0 radical (unpaired) electrons. The van der Waals surface area contributed by atoms with Gasteiger partial charge in [0.25, 0.3) is 15.9 Å². The topological polar surface area (TPSA) is 96.3 Å². The van der Waals surface area contributed by atoms with Crippen LogP contribution in [0, 0.1) is 0 Å². The zero-order chi connectivity index (χ0) is 21.2. The standard InChI is InChI=1S/C18H15ClN2O5S3/c1-3-8-21-17(23)14(10-11-4-5-12(22)13(9-11)26-2)27-18(21)20-29(24,25)16-7-6-15(19)28-16/h3-7,9-10,22H,1,8H2,2H3/b14-10-,20-18?. The third-order valence-corrected chi connectivity index (χ3v) is 7.79. The number of hydrogen-bond acceptors (Lipinski definition) is 7. The first-order valence-corrected chi connectivity index (χ1v) is 11.5. The van der Waals surface area contributed by atoms with Crippen LogP contribution >= 0.6 is 34.7 Å². The molecule has 0 aliphatic carbocycles. The van der Waals surface area contributed by atoms with Gasteiger partial charge in [-0.05, 0) is 47.7 Å². The summed E-state index contributed by atoms with van der Waals surface area (Å²) in [6.45, 7) is 3.70. The van der Waals surface area contributed by atoms with Crippen LogP contribution < -0.4 is 4.74 Å². The van der Waals surface area contributed by atoms with Crippen molar-refractivity contribution in [2.75, 3.05) is 13.7 Å². The molecule has 1 aliphatic heterocycles. The van der Waals surface area contributed by atoms with E-state index in [1.807, 2.05) is 0 Å². The second-order valence-electron chi connectivity index (χ2n) is 5.65. The second-order valence-corrected chi connectivity index (χ2v) is 10.2. The van der Waals surface area contributed by atoms with E-state index in [0.29, 0.717) is 9.90 Å². The van der Waals surface area contributed by atoms with Crippen LogP contribution in [0.2, 0.25) is 4.34 Å². The molecule has 0 saturated carbocycles. The van der Waals surface area contributed by atoms with Crippen molar-refractivity contribution in [3.63, 3.8) is 0 Å². The number of amides is 1. The van der Waals surface area contributed by atoms with E-state index in [-0.39, 0.29) is 32.3 Å². The van der Waals surface area contributed by atoms with E-state index >= 15 is 0 Å². The number of thiophene rings is 1. The first-order valence-electron chi connectivity index (χ1n) is 8.05. The molecular weight excluding hydrogens is 456 g/mol. The van der Waals surface area contributed by atoms with Crippen molar-refractivity contribution in [1.82, 2.24) is 4.90 Å². The summed E-state index contributed by atoms with van der Waals surface area (Å²) < 4.78 is 34.4. The zero-order valence-corrected chi connectivity index (χ0v) is 18.2. The molecule has 1 aromatic heterocycles. The van der Waals surface area contributed by atoms with Gasteiger partial charge in [0.15, 0.2) is 16.7 Å². The molecule has 0 atom stereocenters. The van der Waals surface area contributed by atoms with Gasteiger partial charge in [-0.2, -0.15) is 8.42 Å². The van der Waals surface area contributed by atoms with Gasteiger partial charge in [0.05, 0.1) is 16.4 Å². The normalized spacial score (nSPS) is 17.3. The number of amidine groups is 1. The lowest BCUT2D eigenvalue weighted by Gasteiger charge is -2.12. The summed E-state index contributed by atoms with van der Waals surface area (Å²) in [4.78, 5) is 14.3. The van der Waals surface area contributed by atoms with E-state index in [1.54, 1.807) is 18.2 Å². The molecule has 1 amide bonds. The second kappa shape index (κ2) is 8.62. The molecule has 0 spiro atoms. The van der Waals surface area contributed by atoms with E-state index in [9.17, 15) is 18.3 Å². The van der Waals surface area contributed by atoms with Gasteiger partial charge in [-0.25, -0.2) is 0 Å². The Bertz CT molecular complexity index is 1140. The minimum Gasteiger partial charge on any atom is -0.504 e. The number of ether oxygens (including phenoxy) is 1. The largest absolute Gasteiger partial charge is 0.504 e. The Balaban J connectivity index is 1.99. The molecule has 0 bridgehead atoms. The summed E-state index contributed by atoms with van der Waals surface area (Å²) in [5, 5.41) is 9.73. The Labute approximate surface area is 181 Å². The van der Waals surface area contributed by atoms with Crippen LogP contribution in [0.4, 0.5) is 0 Å². The molecule has 1 fully saturated rings. The minimum atomic E-state index is -4.02. The van der Waals surface area contributed by atoms with Crippen LogP contribution in [0.3, 0.4) is 0 Å². The maximum absolute atomic E-state index is 12.8. The first-order chi connectivity index (χ1) is 13.7. The van der Waals surface area contributed by atoms with Gasteiger partial charge in [0, 0.05) is 6.54 Å². The molecule has 1 aromatic carbocycles. The Hall–Kier alpha value is -2.27. The van der Waals surface area contributed by atoms with Crippen LogP contribution in [-0.2, 0) is 14.8 Å². The number of rotatable bonds is 6. The molecule has 152 valence electrons. The quantitative estimate of drug-likeness (QED) is 0.507. The number of carbonyl (C=O) groups excluding carboxylic acids is 1. The molecule has 1 N–H and O–H groups in total. The molecule has 2 aromatic rings. The number of phenolic OH excluding ortho intramolecular Hbond substituents is 1. The number of aromatic hydroxyl groups is 1. The summed E-state index contributed by atoms with van der Waals surface area (Å²) in [6.07, 6.45) is 3.05. The molecule has 7 nitrogen and oxygen atoms in total. The summed E-state index contributed by atoms with van der Waals surface area (Å²) in [5.74, 6) is -0.180. The lowest BCUT2D eigenvalue weighted by atomic mass is 10.2. The summed E-state index contributed by atoms with van der Waals surface area (Å²) in [7, 11) is -2.60. The third-order valence-electron chi connectivity index (χ3n) is 3.70. The fourth-order valence-corrected chi connectivity index (χ4v) is 6.04. The van der Waals surface area contributed by atoms with Gasteiger partial charge in [-0.1, -0.05) is 23.7 Å². The average Bonchev–Trinajstić information content (AvgIpc) is 3.23. The summed E-state index contributed by atoms with van der Waals surface area (Å²) in [5.41, 5.74) is 0.600. The van der Waals surface area contributed by atoms with E-state index < -0.39 is 15.9 Å². The molecule has 0 unspecified atom stereocenters. The van der Waals surface area contributed by atoms with E-state index in [4.69, 9.17) is 16.3 Å². The van der Waals surface area contributed by atoms with Crippen LogP contribution in [0.25, 0.3) is 6.08 Å². The van der Waals surface area contributed by atoms with E-state index in [1.165, 1.54) is 36.3 Å². The predicted octanol–water partition coefficient (Wildman–Crippen LogP) is 3.96. The maximum atomic E-state index is 12.8. The Morgan fingerprint density at radius 3 is 2.72 bits per heavy atom. The average molecular weight is 471 g/mol. The van der Waals surface area contributed by atoms with Gasteiger partial charge in [-0.15, -0.1) is 22.3 Å². The third kappa shape index (κ3) is 4.67. The predicted molar refractivity (Wildman–Crippen MR) is 116 cm³/mol. The monoisotopic (exact) mass is 470 g/mol. The van der Waals surface area contributed by atoms with Gasteiger partial charge >= 0.3 is 0 Å². The van der Waals surface area contributed by atoms with Crippen molar-refractivity contribution in [1.29, 1.82) is 0 Å². The smallest absolute Gasteiger partial charge is 0.294 e. The van der Waals surface area contributed by atoms with Crippen molar-refractivity contribution in [3.8, 4) is 11.5 Å². The van der Waals surface area contributed by atoms with Crippen LogP contribution in [0.5, 0.6) is 11.5 Å². The van der Waals surface area contributed by atoms with E-state index in [2.05, 4.69) is 11.0 Å². The molecule has 29 heavy (non-hydrogen) atoms. The fraction of sp³-hybridized carbons (Fsp3) is 0.111. The molecule has 11 heteroatoms. The van der Waals surface area contributed by atoms with Crippen LogP contribution in [0.1, 0.15) is 5.56 Å². The number of methoxy groups -OCH3 is 1. The van der Waals surface area contributed by atoms with Crippen LogP contribution in [0.15, 0.2) is 56.5 Å². The van der Waals surface area contributed by atoms with Gasteiger partial charge in [0.1, 0.15) is 4.21 Å². The fourth-order valence-electron chi connectivity index (χ4n) is 2.39. The highest BCUT2D eigenvalue weighted by molar-refractivity contribution is 8.19. The number of sulfonamides is 1. The molecule has 2 heterocycles. The Kier molecular flexibility index (Phi) is 6.37. The lowest BCUT2D eigenvalue weighted by Crippen LogP contribution is -2.29. The number of halogens is 1. The number of phenols is 1. The van der Waals surface area contributed by atoms with Gasteiger partial charge in [0.2, 0.25) is 0 Å². The molecule has 1 saturated heterocycles. The Morgan fingerprint density at radius 1 is 1.34 bits per heavy atom. The molecular formula is C18H15ClN2O5S3. The highest BCUT2D eigenvalue weighted by Crippen LogP contribution is 2.36. The van der Waals surface area contributed by atoms with Crippen LogP contribution in [-0.4, -0.2) is 43.2 Å². The SMILES string of the molecule is C=CCN1C(=O)/C(=C/c2ccc(O)c(OC)c2)SC1=NS(=O)(=O)c1ccc(Cl)s1. The summed E-state index contributed by atoms with van der Waals surface area (Å²) >= 11 is 7.64. The van der Waals surface area contributed by atoms with Crippen molar-refractivity contribution < 1.29 is 23.1 Å². The van der Waals surface area contributed by atoms with Crippen molar-refractivity contribution in [2.24, 2.45) is 4.40 Å². The summed E-state index contributed by atoms with van der Waals surface area (Å²) in [6, 6.07) is 7.45. The van der Waals surface area contributed by atoms with Gasteiger partial charge < -0.3 is 9.84 Å². The minimum absolute atomic E-state index is 0.0118. The van der Waals surface area contributed by atoms with Gasteiger partial charge in [-0.3, -0.25) is 9.69 Å². The number of benzene rings is 1. The number of nitrogens with zero attached hydrogens (tertiary/aromatic N) is 2. The number of thioether (sulfide) groups is 1. The lowest BCUT2D eigenvalue weighted by molar-refractivity contribution is -0.121. The van der Waals surface area contributed by atoms with Crippen molar-refractivity contribution >= 4 is 61.9 Å². The number of hydrogen-bond donors (Lipinski definition) is 1. The van der Waals surface area contributed by atoms with Crippen molar-refractivity contribution in [3.05, 3.63) is 57.8 Å². The maximum Gasteiger partial charge on any atom is 0.294 e. The van der Waals surface area contributed by atoms with Crippen molar-refractivity contribution in [2.45, 2.75) is 4.21 Å².